The van der Waals surface area contributed by atoms with Crippen LogP contribution in [-0.2, 0) is 11.3 Å². The van der Waals surface area contributed by atoms with E-state index in [1.54, 1.807) is 7.05 Å². The second kappa shape index (κ2) is 7.27. The van der Waals surface area contributed by atoms with Gasteiger partial charge in [0.25, 0.3) is 5.91 Å². The molecule has 0 atom stereocenters. The first-order valence-electron chi connectivity index (χ1n) is 7.42. The fourth-order valence-corrected chi connectivity index (χ4v) is 2.73. The molecule has 24 heavy (non-hydrogen) atoms. The number of amides is 1. The molecule has 0 unspecified atom stereocenters. The van der Waals surface area contributed by atoms with E-state index in [0.717, 1.165) is 10.4 Å². The van der Waals surface area contributed by atoms with Gasteiger partial charge >= 0.3 is 0 Å². The zero-order chi connectivity index (χ0) is 16.9. The van der Waals surface area contributed by atoms with Gasteiger partial charge in [-0.2, -0.15) is 4.98 Å². The molecule has 1 amide bonds. The first-order chi connectivity index (χ1) is 11.6. The monoisotopic (exact) mass is 343 g/mol. The van der Waals surface area contributed by atoms with Crippen molar-refractivity contribution in [3.8, 4) is 16.5 Å². The molecule has 2 heterocycles. The quantitative estimate of drug-likeness (QED) is 0.688. The number of hydrogen-bond donors (Lipinski definition) is 0. The average molecular weight is 343 g/mol. The predicted molar refractivity (Wildman–Crippen MR) is 90.8 cm³/mol. The Morgan fingerprint density at radius 3 is 2.88 bits per heavy atom. The summed E-state index contributed by atoms with van der Waals surface area (Å²) >= 11 is 1.54. The molecule has 6 nitrogen and oxygen atoms in total. The number of benzene rings is 1. The molecule has 124 valence electrons. The largest absolute Gasteiger partial charge is 0.484 e. The Morgan fingerprint density at radius 1 is 1.29 bits per heavy atom. The molecule has 0 N–H and O–H groups in total. The lowest BCUT2D eigenvalue weighted by molar-refractivity contribution is -0.132. The molecule has 0 spiro atoms. The number of ether oxygens (including phenoxy) is 1. The van der Waals surface area contributed by atoms with Crippen LogP contribution >= 0.6 is 11.3 Å². The third-order valence-corrected chi connectivity index (χ3v) is 4.32. The molecule has 3 aromatic rings. The Labute approximate surface area is 143 Å². The smallest absolute Gasteiger partial charge is 0.260 e. The van der Waals surface area contributed by atoms with Crippen molar-refractivity contribution in [2.24, 2.45) is 0 Å². The topological polar surface area (TPSA) is 68.5 Å². The van der Waals surface area contributed by atoms with Gasteiger partial charge in [-0.25, -0.2) is 0 Å². The number of nitrogens with zero attached hydrogens (tertiary/aromatic N) is 3. The van der Waals surface area contributed by atoms with Crippen molar-refractivity contribution in [1.29, 1.82) is 0 Å². The van der Waals surface area contributed by atoms with E-state index in [2.05, 4.69) is 10.1 Å². The van der Waals surface area contributed by atoms with Gasteiger partial charge in [0.05, 0.1) is 11.4 Å². The Balaban J connectivity index is 1.55. The second-order valence-electron chi connectivity index (χ2n) is 5.29. The van der Waals surface area contributed by atoms with Crippen molar-refractivity contribution in [2.45, 2.75) is 13.5 Å². The van der Waals surface area contributed by atoms with Gasteiger partial charge in [-0.3, -0.25) is 4.79 Å². The lowest BCUT2D eigenvalue weighted by Gasteiger charge is -2.15. The highest BCUT2D eigenvalue weighted by atomic mass is 32.1. The molecule has 0 aliphatic carbocycles. The fraction of sp³-hybridized carbons (Fsp3) is 0.235. The van der Waals surface area contributed by atoms with E-state index >= 15 is 0 Å². The zero-order valence-electron chi connectivity index (χ0n) is 13.4. The van der Waals surface area contributed by atoms with Gasteiger partial charge in [0.1, 0.15) is 5.75 Å². The molecule has 2 aromatic heterocycles. The van der Waals surface area contributed by atoms with Gasteiger partial charge in [-0.15, -0.1) is 11.3 Å². The van der Waals surface area contributed by atoms with Crippen LogP contribution in [0.4, 0.5) is 0 Å². The Morgan fingerprint density at radius 2 is 2.12 bits per heavy atom. The van der Waals surface area contributed by atoms with Gasteiger partial charge in [-0.1, -0.05) is 29.4 Å². The maximum atomic E-state index is 12.2. The lowest BCUT2D eigenvalue weighted by atomic mass is 10.2. The number of rotatable bonds is 6. The van der Waals surface area contributed by atoms with E-state index in [4.69, 9.17) is 9.26 Å². The summed E-state index contributed by atoms with van der Waals surface area (Å²) in [6.07, 6.45) is 0. The fourth-order valence-electron chi connectivity index (χ4n) is 2.08. The van der Waals surface area contributed by atoms with Crippen LogP contribution < -0.4 is 4.74 Å². The van der Waals surface area contributed by atoms with Crippen molar-refractivity contribution < 1.29 is 14.1 Å². The summed E-state index contributed by atoms with van der Waals surface area (Å²) in [5.41, 5.74) is 0.991. The van der Waals surface area contributed by atoms with Crippen LogP contribution in [0, 0.1) is 6.92 Å². The van der Waals surface area contributed by atoms with Gasteiger partial charge in [0.2, 0.25) is 11.7 Å². The number of likely N-dealkylation sites (N-methyl/N-ethyl adjacent to an activating group) is 1. The summed E-state index contributed by atoms with van der Waals surface area (Å²) in [6.45, 7) is 2.15. The van der Waals surface area contributed by atoms with Gasteiger partial charge < -0.3 is 14.2 Å². The maximum absolute atomic E-state index is 12.2. The van der Waals surface area contributed by atoms with Gasteiger partial charge in [0.15, 0.2) is 6.61 Å². The first kappa shape index (κ1) is 16.2. The van der Waals surface area contributed by atoms with Crippen molar-refractivity contribution in [2.75, 3.05) is 13.7 Å². The van der Waals surface area contributed by atoms with Gasteiger partial charge in [-0.05, 0) is 30.0 Å². The van der Waals surface area contributed by atoms with E-state index in [9.17, 15) is 4.79 Å². The Hall–Kier alpha value is -2.67. The lowest BCUT2D eigenvalue weighted by Crippen LogP contribution is -2.31. The van der Waals surface area contributed by atoms with E-state index < -0.39 is 0 Å². The third-order valence-electron chi connectivity index (χ3n) is 3.45. The van der Waals surface area contributed by atoms with Crippen LogP contribution in [0.2, 0.25) is 0 Å². The van der Waals surface area contributed by atoms with E-state index in [1.807, 2.05) is 48.7 Å². The van der Waals surface area contributed by atoms with Gasteiger partial charge in [0, 0.05) is 7.05 Å². The van der Waals surface area contributed by atoms with Crippen molar-refractivity contribution >= 4 is 17.2 Å². The van der Waals surface area contributed by atoms with Crippen LogP contribution in [0.15, 0.2) is 46.3 Å². The second-order valence-corrected chi connectivity index (χ2v) is 6.24. The molecule has 0 radical (unpaired) electrons. The molecule has 0 saturated carbocycles. The molecular weight excluding hydrogens is 326 g/mol. The minimum atomic E-state index is -0.158. The number of carbonyl (C=O) groups excluding carboxylic acids is 1. The number of aromatic nitrogens is 2. The number of carbonyl (C=O) groups is 1. The van der Waals surface area contributed by atoms with E-state index in [0.29, 0.717) is 17.5 Å². The Kier molecular flexibility index (Phi) is 4.90. The summed E-state index contributed by atoms with van der Waals surface area (Å²) in [6, 6.07) is 11.4. The van der Waals surface area contributed by atoms with Crippen LogP contribution in [-0.4, -0.2) is 34.6 Å². The Bertz CT molecular complexity index is 814. The number of aryl methyl sites for hydroxylation is 1. The molecule has 0 aliphatic rings. The standard InChI is InChI=1S/C17H17N3O3S/c1-12-6-3-4-7-13(12)22-11-16(21)20(2)10-15-18-17(19-23-15)14-8-5-9-24-14/h3-9H,10-11H2,1-2H3. The highest BCUT2D eigenvalue weighted by Gasteiger charge is 2.15. The summed E-state index contributed by atoms with van der Waals surface area (Å²) in [5.74, 6) is 1.48. The highest BCUT2D eigenvalue weighted by molar-refractivity contribution is 7.13. The average Bonchev–Trinajstić information content (AvgIpc) is 3.25. The van der Waals surface area contributed by atoms with Crippen molar-refractivity contribution in [1.82, 2.24) is 15.0 Å². The minimum Gasteiger partial charge on any atom is -0.484 e. The van der Waals surface area contributed by atoms with Crippen LogP contribution in [0.25, 0.3) is 10.7 Å². The maximum Gasteiger partial charge on any atom is 0.260 e. The molecule has 3 rings (SSSR count). The number of thiophene rings is 1. The number of para-hydroxylation sites is 1. The van der Waals surface area contributed by atoms with E-state index in [1.165, 1.54) is 16.2 Å². The summed E-state index contributed by atoms with van der Waals surface area (Å²) in [4.78, 5) is 18.9. The SMILES string of the molecule is Cc1ccccc1OCC(=O)N(C)Cc1nc(-c2cccs2)no1. The van der Waals surface area contributed by atoms with E-state index in [-0.39, 0.29) is 19.1 Å². The highest BCUT2D eigenvalue weighted by Crippen LogP contribution is 2.21. The summed E-state index contributed by atoms with van der Waals surface area (Å²) < 4.78 is 10.8. The molecule has 7 heteroatoms. The molecule has 0 saturated heterocycles. The van der Waals surface area contributed by atoms with Crippen LogP contribution in [0.1, 0.15) is 11.5 Å². The minimum absolute atomic E-state index is 0.0345. The van der Waals surface area contributed by atoms with Crippen LogP contribution in [0.5, 0.6) is 5.75 Å². The first-order valence-corrected chi connectivity index (χ1v) is 8.30. The molecule has 0 bridgehead atoms. The van der Waals surface area contributed by atoms with Crippen molar-refractivity contribution in [3.05, 3.63) is 53.2 Å². The third kappa shape index (κ3) is 3.80. The molecule has 0 fully saturated rings. The van der Waals surface area contributed by atoms with Crippen LogP contribution in [0.3, 0.4) is 0 Å². The number of hydrogen-bond acceptors (Lipinski definition) is 6. The summed E-state index contributed by atoms with van der Waals surface area (Å²) in [7, 11) is 1.68. The molecular formula is C17H17N3O3S. The zero-order valence-corrected chi connectivity index (χ0v) is 14.2. The molecule has 1 aromatic carbocycles. The summed E-state index contributed by atoms with van der Waals surface area (Å²) in [5, 5.41) is 5.88. The van der Waals surface area contributed by atoms with Crippen molar-refractivity contribution in [3.63, 3.8) is 0 Å². The molecule has 0 aliphatic heterocycles. The predicted octanol–water partition coefficient (Wildman–Crippen LogP) is 3.14. The normalized spacial score (nSPS) is 10.6.